The Morgan fingerprint density at radius 2 is 1.85 bits per heavy atom. The fourth-order valence-corrected chi connectivity index (χ4v) is 2.70. The minimum absolute atomic E-state index is 0.149. The zero-order valence-electron chi connectivity index (χ0n) is 16.7. The summed E-state index contributed by atoms with van der Waals surface area (Å²) in [4.78, 5) is 25.6. The first kappa shape index (κ1) is 20.4. The molecule has 0 aliphatic rings. The first-order chi connectivity index (χ1) is 12.7. The average molecular weight is 374 g/mol. The van der Waals surface area contributed by atoms with Gasteiger partial charge in [-0.2, -0.15) is 5.10 Å². The monoisotopic (exact) mass is 374 g/mol. The molecule has 2 rings (SSSR count). The summed E-state index contributed by atoms with van der Waals surface area (Å²) in [5, 5.41) is 10.1. The van der Waals surface area contributed by atoms with Gasteiger partial charge in [0.2, 0.25) is 0 Å². The SMILES string of the molecule is COc1ccc(NC(=O)C[NH+](C)[C@@H](C)C(=O)Nc2c(C)nn(C)c2C)cc1. The van der Waals surface area contributed by atoms with Crippen LogP contribution < -0.4 is 20.3 Å². The third-order valence-corrected chi connectivity index (χ3v) is 4.70. The molecular formula is C19H28N5O3+. The number of carbonyl (C=O) groups excluding carboxylic acids is 2. The maximum atomic E-state index is 12.6. The first-order valence-electron chi connectivity index (χ1n) is 8.80. The highest BCUT2D eigenvalue weighted by atomic mass is 16.5. The summed E-state index contributed by atoms with van der Waals surface area (Å²) in [6, 6.07) is 6.71. The van der Waals surface area contributed by atoms with E-state index in [1.165, 1.54) is 0 Å². The van der Waals surface area contributed by atoms with E-state index in [4.69, 9.17) is 4.74 Å². The van der Waals surface area contributed by atoms with Crippen molar-refractivity contribution in [2.45, 2.75) is 26.8 Å². The number of likely N-dealkylation sites (N-methyl/N-ethyl adjacent to an activating group) is 1. The van der Waals surface area contributed by atoms with Gasteiger partial charge < -0.3 is 20.3 Å². The fraction of sp³-hybridized carbons (Fsp3) is 0.421. The highest BCUT2D eigenvalue weighted by Crippen LogP contribution is 2.18. The van der Waals surface area contributed by atoms with Gasteiger partial charge >= 0.3 is 0 Å². The van der Waals surface area contributed by atoms with Gasteiger partial charge in [0, 0.05) is 12.7 Å². The minimum atomic E-state index is -0.398. The van der Waals surface area contributed by atoms with Crippen LogP contribution in [0.25, 0.3) is 0 Å². The van der Waals surface area contributed by atoms with E-state index in [-0.39, 0.29) is 18.4 Å². The number of aryl methyl sites for hydroxylation is 2. The molecule has 0 bridgehead atoms. The molecule has 3 N–H and O–H groups in total. The maximum absolute atomic E-state index is 12.6. The third-order valence-electron chi connectivity index (χ3n) is 4.70. The standard InChI is InChI=1S/C19H27N5O3/c1-12-18(13(2)24(5)22-12)21-19(26)14(3)23(4)11-17(25)20-15-7-9-16(27-6)10-8-15/h7-10,14H,11H2,1-6H3,(H,20,25)(H,21,26)/p+1/t14-/m0/s1. The lowest BCUT2D eigenvalue weighted by Gasteiger charge is -2.20. The second-order valence-electron chi connectivity index (χ2n) is 6.68. The molecule has 2 atom stereocenters. The molecule has 0 radical (unpaired) electrons. The molecular weight excluding hydrogens is 346 g/mol. The zero-order valence-corrected chi connectivity index (χ0v) is 16.7. The third kappa shape index (κ3) is 5.07. The van der Waals surface area contributed by atoms with Crippen molar-refractivity contribution in [3.63, 3.8) is 0 Å². The van der Waals surface area contributed by atoms with Crippen LogP contribution in [0.15, 0.2) is 24.3 Å². The van der Waals surface area contributed by atoms with E-state index in [1.54, 1.807) is 43.0 Å². The molecule has 1 unspecified atom stereocenters. The van der Waals surface area contributed by atoms with Crippen LogP contribution >= 0.6 is 0 Å². The summed E-state index contributed by atoms with van der Waals surface area (Å²) in [5.74, 6) is 0.414. The molecule has 8 nitrogen and oxygen atoms in total. The van der Waals surface area contributed by atoms with E-state index in [1.807, 2.05) is 27.9 Å². The number of amides is 2. The molecule has 2 aromatic rings. The highest BCUT2D eigenvalue weighted by molar-refractivity contribution is 5.95. The number of nitrogens with one attached hydrogen (secondary N) is 3. The van der Waals surface area contributed by atoms with Gasteiger partial charge in [0.05, 0.1) is 31.2 Å². The number of aromatic nitrogens is 2. The molecule has 27 heavy (non-hydrogen) atoms. The summed E-state index contributed by atoms with van der Waals surface area (Å²) in [6.07, 6.45) is 0. The van der Waals surface area contributed by atoms with Crippen molar-refractivity contribution in [3.8, 4) is 5.75 Å². The molecule has 0 saturated carbocycles. The van der Waals surface area contributed by atoms with Gasteiger partial charge in [0.15, 0.2) is 12.6 Å². The lowest BCUT2D eigenvalue weighted by molar-refractivity contribution is -0.885. The number of nitrogens with zero attached hydrogens (tertiary/aromatic N) is 2. The number of hydrogen-bond acceptors (Lipinski definition) is 4. The second-order valence-corrected chi connectivity index (χ2v) is 6.68. The Morgan fingerprint density at radius 3 is 2.37 bits per heavy atom. The molecule has 0 aliphatic carbocycles. The van der Waals surface area contributed by atoms with Crippen molar-refractivity contribution >= 4 is 23.2 Å². The van der Waals surface area contributed by atoms with Crippen LogP contribution in [-0.4, -0.2) is 48.3 Å². The van der Waals surface area contributed by atoms with Crippen molar-refractivity contribution in [2.24, 2.45) is 7.05 Å². The predicted molar refractivity (Wildman–Crippen MR) is 104 cm³/mol. The Hall–Kier alpha value is -2.87. The zero-order chi connectivity index (χ0) is 20.1. The Bertz CT molecular complexity index is 813. The molecule has 1 aromatic carbocycles. The largest absolute Gasteiger partial charge is 0.497 e. The van der Waals surface area contributed by atoms with E-state index < -0.39 is 6.04 Å². The molecule has 0 saturated heterocycles. The molecule has 0 spiro atoms. The lowest BCUT2D eigenvalue weighted by atomic mass is 10.2. The van der Waals surface area contributed by atoms with Crippen LogP contribution in [0.5, 0.6) is 5.75 Å². The van der Waals surface area contributed by atoms with Crippen LogP contribution in [-0.2, 0) is 16.6 Å². The highest BCUT2D eigenvalue weighted by Gasteiger charge is 2.25. The van der Waals surface area contributed by atoms with Crippen LogP contribution in [0, 0.1) is 13.8 Å². The number of methoxy groups -OCH3 is 1. The number of anilines is 2. The van der Waals surface area contributed by atoms with Gasteiger partial charge in [-0.25, -0.2) is 0 Å². The van der Waals surface area contributed by atoms with Crippen molar-refractivity contribution in [1.82, 2.24) is 9.78 Å². The molecule has 2 amide bonds. The predicted octanol–water partition coefficient (Wildman–Crippen LogP) is 0.526. The van der Waals surface area contributed by atoms with Gasteiger partial charge in [-0.15, -0.1) is 0 Å². The van der Waals surface area contributed by atoms with Crippen molar-refractivity contribution in [2.75, 3.05) is 31.3 Å². The number of quaternary nitrogens is 1. The average Bonchev–Trinajstić information content (AvgIpc) is 2.87. The molecule has 146 valence electrons. The van der Waals surface area contributed by atoms with E-state index in [0.29, 0.717) is 5.69 Å². The van der Waals surface area contributed by atoms with Crippen LogP contribution in [0.2, 0.25) is 0 Å². The van der Waals surface area contributed by atoms with E-state index >= 15 is 0 Å². The van der Waals surface area contributed by atoms with Crippen LogP contribution in [0.4, 0.5) is 11.4 Å². The molecule has 0 fully saturated rings. The topological polar surface area (TPSA) is 89.7 Å². The van der Waals surface area contributed by atoms with Gasteiger partial charge in [-0.05, 0) is 45.0 Å². The van der Waals surface area contributed by atoms with Crippen LogP contribution in [0.3, 0.4) is 0 Å². The summed E-state index contributed by atoms with van der Waals surface area (Å²) in [7, 11) is 5.25. The van der Waals surface area contributed by atoms with E-state index in [9.17, 15) is 9.59 Å². The van der Waals surface area contributed by atoms with Gasteiger partial charge in [-0.1, -0.05) is 0 Å². The number of carbonyl (C=O) groups is 2. The van der Waals surface area contributed by atoms with Gasteiger partial charge in [0.25, 0.3) is 11.8 Å². The Kier molecular flexibility index (Phi) is 6.57. The normalized spacial score (nSPS) is 13.0. The lowest BCUT2D eigenvalue weighted by Crippen LogP contribution is -3.14. The summed E-state index contributed by atoms with van der Waals surface area (Å²) in [6.45, 7) is 5.73. The summed E-state index contributed by atoms with van der Waals surface area (Å²) in [5.41, 5.74) is 3.07. The summed E-state index contributed by atoms with van der Waals surface area (Å²) < 4.78 is 6.83. The van der Waals surface area contributed by atoms with E-state index in [2.05, 4.69) is 15.7 Å². The minimum Gasteiger partial charge on any atom is -0.497 e. The van der Waals surface area contributed by atoms with Gasteiger partial charge in [0.1, 0.15) is 5.75 Å². The Labute approximate surface area is 159 Å². The molecule has 1 aromatic heterocycles. The Morgan fingerprint density at radius 1 is 1.22 bits per heavy atom. The number of ether oxygens (including phenoxy) is 1. The van der Waals surface area contributed by atoms with Crippen LogP contribution in [0.1, 0.15) is 18.3 Å². The summed E-state index contributed by atoms with van der Waals surface area (Å²) >= 11 is 0. The van der Waals surface area contributed by atoms with Gasteiger partial charge in [-0.3, -0.25) is 14.3 Å². The van der Waals surface area contributed by atoms with Crippen molar-refractivity contribution < 1.29 is 19.2 Å². The van der Waals surface area contributed by atoms with E-state index in [0.717, 1.165) is 27.7 Å². The quantitative estimate of drug-likeness (QED) is 0.659. The Balaban J connectivity index is 1.92. The van der Waals surface area contributed by atoms with Crippen molar-refractivity contribution in [1.29, 1.82) is 0 Å². The fourth-order valence-electron chi connectivity index (χ4n) is 2.70. The number of hydrogen-bond donors (Lipinski definition) is 3. The maximum Gasteiger partial charge on any atom is 0.282 e. The number of benzene rings is 1. The number of rotatable bonds is 7. The van der Waals surface area contributed by atoms with Crippen molar-refractivity contribution in [3.05, 3.63) is 35.7 Å². The first-order valence-corrected chi connectivity index (χ1v) is 8.80. The second kappa shape index (κ2) is 8.68. The molecule has 8 heteroatoms. The molecule has 0 aliphatic heterocycles. The smallest absolute Gasteiger partial charge is 0.282 e. The molecule has 1 heterocycles.